The molecule has 1 saturated heterocycles. The predicted molar refractivity (Wildman–Crippen MR) is 85.4 cm³/mol. The van der Waals surface area contributed by atoms with Crippen molar-refractivity contribution < 1.29 is 9.53 Å². The summed E-state index contributed by atoms with van der Waals surface area (Å²) in [5.41, 5.74) is 2.33. The number of aryl methyl sites for hydroxylation is 2. The third-order valence-corrected chi connectivity index (χ3v) is 4.89. The van der Waals surface area contributed by atoms with Crippen molar-refractivity contribution in [1.29, 1.82) is 0 Å². The summed E-state index contributed by atoms with van der Waals surface area (Å²) < 4.78 is 6.31. The maximum atomic E-state index is 12.7. The number of carbonyl (C=O) groups excluding carboxylic acids is 1. The fourth-order valence-electron chi connectivity index (χ4n) is 3.56. The molecule has 1 aromatic heterocycles. The molecule has 3 heterocycles. The zero-order chi connectivity index (χ0) is 15.9. The number of hydrogen-bond acceptors (Lipinski definition) is 4. The van der Waals surface area contributed by atoms with Crippen molar-refractivity contribution in [3.8, 4) is 5.75 Å². The molecule has 1 atom stereocenters. The first-order chi connectivity index (χ1) is 11.2. The van der Waals surface area contributed by atoms with Crippen molar-refractivity contribution in [2.24, 2.45) is 0 Å². The molecule has 2 aliphatic rings. The Morgan fingerprint density at radius 3 is 3.00 bits per heavy atom. The second kappa shape index (κ2) is 5.33. The van der Waals surface area contributed by atoms with Crippen LogP contribution in [0.4, 0.5) is 0 Å². The van der Waals surface area contributed by atoms with Gasteiger partial charge in [0, 0.05) is 13.0 Å². The van der Waals surface area contributed by atoms with Gasteiger partial charge < -0.3 is 9.64 Å². The van der Waals surface area contributed by atoms with E-state index in [0.717, 1.165) is 31.6 Å². The van der Waals surface area contributed by atoms with Crippen LogP contribution in [-0.2, 0) is 6.42 Å². The Kier molecular flexibility index (Phi) is 3.29. The van der Waals surface area contributed by atoms with E-state index in [-0.39, 0.29) is 11.5 Å². The topological polar surface area (TPSA) is 55.3 Å². The molecular weight excluding hydrogens is 290 g/mol. The van der Waals surface area contributed by atoms with Gasteiger partial charge in [0.2, 0.25) is 0 Å². The number of aromatic nitrogens is 2. The number of fused-ring (bicyclic) bond motifs is 1. The molecule has 1 unspecified atom stereocenters. The SMILES string of the molecule is Cc1nnccc1C(=O)N1CCC2(CCc3ccccc3O2)C1. The average molecular weight is 309 g/mol. The summed E-state index contributed by atoms with van der Waals surface area (Å²) in [6.45, 7) is 3.18. The second-order valence-corrected chi connectivity index (χ2v) is 6.40. The highest BCUT2D eigenvalue weighted by Crippen LogP contribution is 2.38. The first-order valence-electron chi connectivity index (χ1n) is 8.01. The number of ether oxygens (including phenoxy) is 1. The maximum Gasteiger partial charge on any atom is 0.255 e. The molecule has 0 bridgehead atoms. The number of para-hydroxylation sites is 1. The largest absolute Gasteiger partial charge is 0.485 e. The van der Waals surface area contributed by atoms with Gasteiger partial charge in [0.15, 0.2) is 0 Å². The molecule has 5 nitrogen and oxygen atoms in total. The van der Waals surface area contributed by atoms with Crippen LogP contribution in [0.1, 0.15) is 34.5 Å². The first kappa shape index (κ1) is 14.2. The molecule has 0 saturated carbocycles. The highest BCUT2D eigenvalue weighted by atomic mass is 16.5. The molecule has 1 spiro atoms. The minimum absolute atomic E-state index is 0.0248. The summed E-state index contributed by atoms with van der Waals surface area (Å²) >= 11 is 0. The van der Waals surface area contributed by atoms with Crippen LogP contribution in [-0.4, -0.2) is 39.7 Å². The molecule has 4 rings (SSSR count). The molecule has 1 amide bonds. The Bertz CT molecular complexity index is 761. The normalized spacial score (nSPS) is 22.7. The van der Waals surface area contributed by atoms with E-state index >= 15 is 0 Å². The molecule has 0 N–H and O–H groups in total. The van der Waals surface area contributed by atoms with Crippen LogP contribution in [0.2, 0.25) is 0 Å². The molecule has 118 valence electrons. The maximum absolute atomic E-state index is 12.7. The van der Waals surface area contributed by atoms with Gasteiger partial charge in [-0.2, -0.15) is 10.2 Å². The number of rotatable bonds is 1. The molecular formula is C18H19N3O2. The molecule has 2 aliphatic heterocycles. The summed E-state index contributed by atoms with van der Waals surface area (Å²) in [5.74, 6) is 0.992. The summed E-state index contributed by atoms with van der Waals surface area (Å²) in [4.78, 5) is 14.6. The number of benzene rings is 1. The fourth-order valence-corrected chi connectivity index (χ4v) is 3.56. The summed E-state index contributed by atoms with van der Waals surface area (Å²) in [7, 11) is 0. The Morgan fingerprint density at radius 2 is 2.13 bits per heavy atom. The second-order valence-electron chi connectivity index (χ2n) is 6.40. The number of carbonyl (C=O) groups is 1. The van der Waals surface area contributed by atoms with Gasteiger partial charge in [-0.1, -0.05) is 18.2 Å². The Morgan fingerprint density at radius 1 is 1.26 bits per heavy atom. The van der Waals surface area contributed by atoms with E-state index < -0.39 is 0 Å². The van der Waals surface area contributed by atoms with Gasteiger partial charge in [-0.05, 0) is 37.5 Å². The highest BCUT2D eigenvalue weighted by molar-refractivity contribution is 5.95. The monoisotopic (exact) mass is 309 g/mol. The predicted octanol–water partition coefficient (Wildman–Crippen LogP) is 2.39. The Labute approximate surface area is 135 Å². The van der Waals surface area contributed by atoms with E-state index in [1.54, 1.807) is 12.3 Å². The summed E-state index contributed by atoms with van der Waals surface area (Å²) in [6.07, 6.45) is 4.42. The highest BCUT2D eigenvalue weighted by Gasteiger charge is 2.44. The number of amides is 1. The van der Waals surface area contributed by atoms with Crippen LogP contribution in [0.3, 0.4) is 0 Å². The molecule has 23 heavy (non-hydrogen) atoms. The van der Waals surface area contributed by atoms with Crippen LogP contribution < -0.4 is 4.74 Å². The minimum atomic E-state index is -0.238. The smallest absolute Gasteiger partial charge is 0.255 e. The van der Waals surface area contributed by atoms with E-state index in [2.05, 4.69) is 16.3 Å². The number of hydrogen-bond donors (Lipinski definition) is 0. The Balaban J connectivity index is 1.54. The van der Waals surface area contributed by atoms with Crippen LogP contribution in [0, 0.1) is 6.92 Å². The van der Waals surface area contributed by atoms with Crippen molar-refractivity contribution in [2.45, 2.75) is 31.8 Å². The molecule has 1 aromatic carbocycles. The van der Waals surface area contributed by atoms with Gasteiger partial charge in [0.25, 0.3) is 5.91 Å². The zero-order valence-corrected chi connectivity index (χ0v) is 13.2. The van der Waals surface area contributed by atoms with Crippen molar-refractivity contribution >= 4 is 5.91 Å². The van der Waals surface area contributed by atoms with E-state index in [1.165, 1.54) is 5.56 Å². The van der Waals surface area contributed by atoms with Crippen LogP contribution >= 0.6 is 0 Å². The molecule has 5 heteroatoms. The first-order valence-corrected chi connectivity index (χ1v) is 8.01. The lowest BCUT2D eigenvalue weighted by atomic mass is 9.90. The molecule has 2 aromatic rings. The molecule has 0 aliphatic carbocycles. The van der Waals surface area contributed by atoms with Gasteiger partial charge in [0.05, 0.1) is 24.0 Å². The molecule has 0 radical (unpaired) electrons. The average Bonchev–Trinajstić information content (AvgIpc) is 2.98. The number of nitrogens with zero attached hydrogens (tertiary/aromatic N) is 3. The fraction of sp³-hybridized carbons (Fsp3) is 0.389. The van der Waals surface area contributed by atoms with Gasteiger partial charge in [-0.25, -0.2) is 0 Å². The zero-order valence-electron chi connectivity index (χ0n) is 13.2. The van der Waals surface area contributed by atoms with Crippen LogP contribution in [0.25, 0.3) is 0 Å². The van der Waals surface area contributed by atoms with Crippen molar-refractivity contribution in [3.05, 3.63) is 53.3 Å². The summed E-state index contributed by atoms with van der Waals surface area (Å²) in [6, 6.07) is 9.93. The van der Waals surface area contributed by atoms with Crippen molar-refractivity contribution in [1.82, 2.24) is 15.1 Å². The van der Waals surface area contributed by atoms with E-state index in [9.17, 15) is 4.79 Å². The van der Waals surface area contributed by atoms with Crippen LogP contribution in [0.5, 0.6) is 5.75 Å². The summed E-state index contributed by atoms with van der Waals surface area (Å²) in [5, 5.41) is 7.79. The van der Waals surface area contributed by atoms with E-state index in [0.29, 0.717) is 17.8 Å². The quantitative estimate of drug-likeness (QED) is 0.811. The lowest BCUT2D eigenvalue weighted by Crippen LogP contribution is -2.43. The molecule has 1 fully saturated rings. The van der Waals surface area contributed by atoms with Crippen molar-refractivity contribution in [2.75, 3.05) is 13.1 Å². The van der Waals surface area contributed by atoms with E-state index in [4.69, 9.17) is 4.74 Å². The third-order valence-electron chi connectivity index (χ3n) is 4.89. The van der Waals surface area contributed by atoms with Crippen molar-refractivity contribution in [3.63, 3.8) is 0 Å². The lowest BCUT2D eigenvalue weighted by Gasteiger charge is -2.35. The third kappa shape index (κ3) is 2.46. The van der Waals surface area contributed by atoms with Gasteiger partial charge in [-0.3, -0.25) is 4.79 Å². The standard InChI is InChI=1S/C18H19N3O2/c1-13-15(7-10-19-20-13)17(22)21-11-9-18(12-21)8-6-14-4-2-3-5-16(14)23-18/h2-5,7,10H,6,8-9,11-12H2,1H3. The lowest BCUT2D eigenvalue weighted by molar-refractivity contribution is 0.0484. The Hall–Kier alpha value is -2.43. The van der Waals surface area contributed by atoms with Gasteiger partial charge in [-0.15, -0.1) is 0 Å². The van der Waals surface area contributed by atoms with Crippen LogP contribution in [0.15, 0.2) is 36.5 Å². The van der Waals surface area contributed by atoms with E-state index in [1.807, 2.05) is 30.0 Å². The van der Waals surface area contributed by atoms with Gasteiger partial charge in [0.1, 0.15) is 11.4 Å². The minimum Gasteiger partial charge on any atom is -0.485 e. The number of likely N-dealkylation sites (tertiary alicyclic amines) is 1. The van der Waals surface area contributed by atoms with Gasteiger partial charge >= 0.3 is 0 Å².